The maximum absolute atomic E-state index is 9.06. The Morgan fingerprint density at radius 3 is 2.57 bits per heavy atom. The molecule has 0 aliphatic carbocycles. The molecule has 1 aromatic carbocycles. The van der Waals surface area contributed by atoms with Gasteiger partial charge in [-0.25, -0.2) is 0 Å². The van der Waals surface area contributed by atoms with Gasteiger partial charge in [-0.3, -0.25) is 0 Å². The molecule has 1 aromatic rings. The van der Waals surface area contributed by atoms with E-state index >= 15 is 0 Å². The minimum absolute atomic E-state index is 0.204. The molecule has 0 spiro atoms. The Labute approximate surface area is 94.7 Å². The van der Waals surface area contributed by atoms with Crippen LogP contribution in [-0.2, 0) is 6.42 Å². The average Bonchev–Trinajstić information content (AvgIpc) is 2.17. The van der Waals surface area contributed by atoms with E-state index in [9.17, 15) is 0 Å². The summed E-state index contributed by atoms with van der Waals surface area (Å²) in [6, 6.07) is 5.48. The molecule has 3 heteroatoms. The maximum atomic E-state index is 9.06. The average molecular weight is 233 g/mol. The Hall–Kier alpha value is -0.240. The molecule has 0 saturated heterocycles. The van der Waals surface area contributed by atoms with E-state index in [2.05, 4.69) is 6.92 Å². The fraction of sp³-hybridized carbons (Fsp3) is 0.455. The van der Waals surface area contributed by atoms with E-state index in [0.717, 1.165) is 18.4 Å². The second-order valence-corrected chi connectivity index (χ2v) is 4.24. The van der Waals surface area contributed by atoms with Crippen LogP contribution in [0.2, 0.25) is 10.0 Å². The molecule has 1 rings (SSSR count). The number of hydrogen-bond acceptors (Lipinski definition) is 1. The van der Waals surface area contributed by atoms with Crippen LogP contribution in [0.4, 0.5) is 0 Å². The Morgan fingerprint density at radius 2 is 2.07 bits per heavy atom. The van der Waals surface area contributed by atoms with Crippen LogP contribution in [0.25, 0.3) is 0 Å². The lowest BCUT2D eigenvalue weighted by molar-refractivity contribution is 0.222. The van der Waals surface area contributed by atoms with Gasteiger partial charge in [0.15, 0.2) is 0 Å². The molecule has 0 aromatic heterocycles. The third kappa shape index (κ3) is 3.16. The zero-order valence-corrected chi connectivity index (χ0v) is 9.65. The van der Waals surface area contributed by atoms with Gasteiger partial charge in [-0.15, -0.1) is 0 Å². The second-order valence-electron chi connectivity index (χ2n) is 3.40. The van der Waals surface area contributed by atoms with Crippen molar-refractivity contribution >= 4 is 23.2 Å². The highest BCUT2D eigenvalue weighted by molar-refractivity contribution is 6.35. The third-order valence-corrected chi connectivity index (χ3v) is 2.95. The molecule has 0 aliphatic heterocycles. The normalized spacial score (nSPS) is 12.9. The molecule has 0 amide bonds. The Bertz CT molecular complexity index is 295. The summed E-state index contributed by atoms with van der Waals surface area (Å²) in [5.41, 5.74) is 1.05. The SMILES string of the molecule is CCC(CO)Cc1ccc(Cl)cc1Cl. The van der Waals surface area contributed by atoms with Crippen molar-refractivity contribution in [1.29, 1.82) is 0 Å². The van der Waals surface area contributed by atoms with Crippen LogP contribution in [0.15, 0.2) is 18.2 Å². The zero-order chi connectivity index (χ0) is 10.6. The fourth-order valence-corrected chi connectivity index (χ4v) is 1.82. The molecule has 0 fully saturated rings. The number of halogens is 2. The van der Waals surface area contributed by atoms with Gasteiger partial charge in [-0.2, -0.15) is 0 Å². The van der Waals surface area contributed by atoms with Crippen molar-refractivity contribution in [3.8, 4) is 0 Å². The molecule has 1 atom stereocenters. The molecule has 1 N–H and O–H groups in total. The molecule has 14 heavy (non-hydrogen) atoms. The first-order valence-corrected chi connectivity index (χ1v) is 5.47. The summed E-state index contributed by atoms with van der Waals surface area (Å²) in [7, 11) is 0. The van der Waals surface area contributed by atoms with E-state index in [-0.39, 0.29) is 12.5 Å². The van der Waals surface area contributed by atoms with E-state index in [0.29, 0.717) is 10.0 Å². The summed E-state index contributed by atoms with van der Waals surface area (Å²) in [6.45, 7) is 2.26. The standard InChI is InChI=1S/C11H14Cl2O/c1-2-8(7-14)5-9-3-4-10(12)6-11(9)13/h3-4,6,8,14H,2,5,7H2,1H3. The quantitative estimate of drug-likeness (QED) is 0.843. The topological polar surface area (TPSA) is 20.2 Å². The third-order valence-electron chi connectivity index (χ3n) is 2.36. The summed E-state index contributed by atoms with van der Waals surface area (Å²) in [6.07, 6.45) is 1.76. The minimum atomic E-state index is 0.204. The van der Waals surface area contributed by atoms with E-state index in [1.807, 2.05) is 12.1 Å². The lowest BCUT2D eigenvalue weighted by Crippen LogP contribution is -2.08. The van der Waals surface area contributed by atoms with Gasteiger partial charge in [0.1, 0.15) is 0 Å². The van der Waals surface area contributed by atoms with Crippen LogP contribution >= 0.6 is 23.2 Å². The molecule has 0 aliphatic rings. The first-order valence-electron chi connectivity index (χ1n) is 4.72. The molecule has 1 unspecified atom stereocenters. The van der Waals surface area contributed by atoms with Crippen molar-refractivity contribution in [2.45, 2.75) is 19.8 Å². The number of rotatable bonds is 4. The fourth-order valence-electron chi connectivity index (χ4n) is 1.34. The Morgan fingerprint density at radius 1 is 1.36 bits per heavy atom. The lowest BCUT2D eigenvalue weighted by atomic mass is 9.98. The molecular formula is C11H14Cl2O. The van der Waals surface area contributed by atoms with Crippen LogP contribution in [0, 0.1) is 5.92 Å². The summed E-state index contributed by atoms with van der Waals surface area (Å²) < 4.78 is 0. The molecular weight excluding hydrogens is 219 g/mol. The molecule has 0 heterocycles. The number of hydrogen-bond donors (Lipinski definition) is 1. The summed E-state index contributed by atoms with van der Waals surface area (Å²) in [5, 5.41) is 10.4. The number of benzene rings is 1. The van der Waals surface area contributed by atoms with Crippen molar-refractivity contribution in [2.75, 3.05) is 6.61 Å². The smallest absolute Gasteiger partial charge is 0.0462 e. The number of aliphatic hydroxyl groups excluding tert-OH is 1. The van der Waals surface area contributed by atoms with Crippen LogP contribution in [0.5, 0.6) is 0 Å². The van der Waals surface area contributed by atoms with Gasteiger partial charge >= 0.3 is 0 Å². The second kappa shape index (κ2) is 5.59. The zero-order valence-electron chi connectivity index (χ0n) is 8.13. The van der Waals surface area contributed by atoms with Crippen molar-refractivity contribution in [2.24, 2.45) is 5.92 Å². The minimum Gasteiger partial charge on any atom is -0.396 e. The Balaban J connectivity index is 2.76. The van der Waals surface area contributed by atoms with Crippen LogP contribution in [0.3, 0.4) is 0 Å². The molecule has 0 saturated carbocycles. The molecule has 0 bridgehead atoms. The van der Waals surface area contributed by atoms with Crippen LogP contribution < -0.4 is 0 Å². The first-order chi connectivity index (χ1) is 6.67. The van der Waals surface area contributed by atoms with Crippen molar-refractivity contribution in [3.63, 3.8) is 0 Å². The van der Waals surface area contributed by atoms with Gasteiger partial charge in [-0.1, -0.05) is 42.6 Å². The highest BCUT2D eigenvalue weighted by Crippen LogP contribution is 2.24. The predicted octanol–water partition coefficient (Wildman–Crippen LogP) is 3.55. The van der Waals surface area contributed by atoms with Crippen molar-refractivity contribution < 1.29 is 5.11 Å². The van der Waals surface area contributed by atoms with E-state index in [4.69, 9.17) is 28.3 Å². The lowest BCUT2D eigenvalue weighted by Gasteiger charge is -2.12. The highest BCUT2D eigenvalue weighted by Gasteiger charge is 2.08. The van der Waals surface area contributed by atoms with Gasteiger partial charge in [0.2, 0.25) is 0 Å². The first kappa shape index (κ1) is 11.8. The largest absolute Gasteiger partial charge is 0.396 e. The molecule has 1 nitrogen and oxygen atoms in total. The summed E-state index contributed by atoms with van der Waals surface area (Å²) in [5.74, 6) is 0.286. The maximum Gasteiger partial charge on any atom is 0.0462 e. The van der Waals surface area contributed by atoms with Gasteiger partial charge in [-0.05, 0) is 30.0 Å². The number of aliphatic hydroxyl groups is 1. The monoisotopic (exact) mass is 232 g/mol. The van der Waals surface area contributed by atoms with Gasteiger partial charge in [0, 0.05) is 16.7 Å². The predicted molar refractivity (Wildman–Crippen MR) is 61.0 cm³/mol. The van der Waals surface area contributed by atoms with Gasteiger partial charge in [0.25, 0.3) is 0 Å². The van der Waals surface area contributed by atoms with Crippen molar-refractivity contribution in [1.82, 2.24) is 0 Å². The summed E-state index contributed by atoms with van der Waals surface area (Å²) >= 11 is 11.8. The molecule has 0 radical (unpaired) electrons. The van der Waals surface area contributed by atoms with Crippen LogP contribution in [0.1, 0.15) is 18.9 Å². The Kier molecular flexibility index (Phi) is 4.73. The van der Waals surface area contributed by atoms with Crippen LogP contribution in [-0.4, -0.2) is 11.7 Å². The summed E-state index contributed by atoms with van der Waals surface area (Å²) in [4.78, 5) is 0. The van der Waals surface area contributed by atoms with E-state index in [1.54, 1.807) is 6.07 Å². The van der Waals surface area contributed by atoms with Crippen molar-refractivity contribution in [3.05, 3.63) is 33.8 Å². The highest BCUT2D eigenvalue weighted by atomic mass is 35.5. The van der Waals surface area contributed by atoms with E-state index < -0.39 is 0 Å². The molecule has 78 valence electrons. The van der Waals surface area contributed by atoms with Gasteiger partial charge < -0.3 is 5.11 Å². The van der Waals surface area contributed by atoms with Gasteiger partial charge in [0.05, 0.1) is 0 Å². The van der Waals surface area contributed by atoms with E-state index in [1.165, 1.54) is 0 Å².